The van der Waals surface area contributed by atoms with E-state index in [4.69, 9.17) is 0 Å². The number of carbonyl (C=O) groups is 1. The highest BCUT2D eigenvalue weighted by Crippen LogP contribution is 2.25. The van der Waals surface area contributed by atoms with E-state index in [-0.39, 0.29) is 0 Å². The summed E-state index contributed by atoms with van der Waals surface area (Å²) in [7, 11) is 0. The summed E-state index contributed by atoms with van der Waals surface area (Å²) in [5.41, 5.74) is 2.96. The molecule has 1 aromatic rings. The first-order chi connectivity index (χ1) is 8.69. The van der Waals surface area contributed by atoms with Gasteiger partial charge in [-0.15, -0.1) is 11.8 Å². The average Bonchev–Trinajstić information content (AvgIpc) is 2.36. The zero-order valence-corrected chi connectivity index (χ0v) is 12.2. The maximum atomic E-state index is 11.7. The second-order valence-electron chi connectivity index (χ2n) is 5.37. The lowest BCUT2D eigenvalue weighted by Gasteiger charge is -2.16. The van der Waals surface area contributed by atoms with Gasteiger partial charge in [-0.2, -0.15) is 0 Å². The van der Waals surface area contributed by atoms with Crippen molar-refractivity contribution < 1.29 is 4.79 Å². The number of thioether (sulfide) groups is 1. The molecule has 1 aromatic carbocycles. The molecule has 2 rings (SSSR count). The van der Waals surface area contributed by atoms with E-state index in [1.807, 2.05) is 11.8 Å². The molecule has 0 saturated carbocycles. The van der Waals surface area contributed by atoms with Crippen LogP contribution in [0.4, 0.5) is 0 Å². The lowest BCUT2D eigenvalue weighted by Crippen LogP contribution is -2.10. The summed E-state index contributed by atoms with van der Waals surface area (Å²) >= 11 is 1.81. The van der Waals surface area contributed by atoms with Gasteiger partial charge in [0.2, 0.25) is 0 Å². The van der Waals surface area contributed by atoms with E-state index in [0.29, 0.717) is 11.7 Å². The minimum Gasteiger partial charge on any atom is -0.300 e. The first-order valence-corrected chi connectivity index (χ1v) is 8.09. The van der Waals surface area contributed by atoms with Crippen molar-refractivity contribution in [1.29, 1.82) is 0 Å². The van der Waals surface area contributed by atoms with Crippen molar-refractivity contribution in [2.45, 2.75) is 50.3 Å². The van der Waals surface area contributed by atoms with Gasteiger partial charge in [-0.3, -0.25) is 4.79 Å². The van der Waals surface area contributed by atoms with Crippen LogP contribution in [0.1, 0.15) is 43.7 Å². The van der Waals surface area contributed by atoms with Gasteiger partial charge in [0, 0.05) is 17.7 Å². The van der Waals surface area contributed by atoms with Crippen molar-refractivity contribution in [3.05, 3.63) is 29.3 Å². The van der Waals surface area contributed by atoms with Gasteiger partial charge in [0.1, 0.15) is 5.78 Å². The van der Waals surface area contributed by atoms with Gasteiger partial charge in [-0.25, -0.2) is 0 Å². The predicted octanol–water partition coefficient (Wildman–Crippen LogP) is 4.27. The highest BCUT2D eigenvalue weighted by molar-refractivity contribution is 7.98. The normalized spacial score (nSPS) is 21.4. The highest BCUT2D eigenvalue weighted by atomic mass is 32.2. The van der Waals surface area contributed by atoms with Crippen molar-refractivity contribution >= 4 is 17.5 Å². The summed E-state index contributed by atoms with van der Waals surface area (Å²) in [6.45, 7) is 2.21. The third-order valence-electron chi connectivity index (χ3n) is 3.80. The molecule has 1 nitrogen and oxygen atoms in total. The molecule has 0 spiro atoms. The van der Waals surface area contributed by atoms with Gasteiger partial charge in [0.05, 0.1) is 0 Å². The number of Topliss-reactive ketones (excluding diaryl/α,β-unsaturated/α-hetero) is 1. The zero-order chi connectivity index (χ0) is 13.0. The van der Waals surface area contributed by atoms with E-state index in [0.717, 1.165) is 38.5 Å². The molecule has 0 aromatic heterocycles. The number of fused-ring (bicyclic) bond motifs is 1. The van der Waals surface area contributed by atoms with Crippen LogP contribution < -0.4 is 0 Å². The molecule has 0 aliphatic heterocycles. The SMILES string of the molecule is CSc1ccc2c(c1)CCC(C)CC(=O)CCC2. The number of hydrogen-bond donors (Lipinski definition) is 0. The van der Waals surface area contributed by atoms with Crippen molar-refractivity contribution in [2.75, 3.05) is 6.26 Å². The van der Waals surface area contributed by atoms with E-state index < -0.39 is 0 Å². The van der Waals surface area contributed by atoms with Crippen molar-refractivity contribution in [3.63, 3.8) is 0 Å². The Bertz CT molecular complexity index is 425. The number of rotatable bonds is 1. The Morgan fingerprint density at radius 1 is 1.17 bits per heavy atom. The van der Waals surface area contributed by atoms with Crippen LogP contribution in [-0.4, -0.2) is 12.0 Å². The first-order valence-electron chi connectivity index (χ1n) is 6.86. The molecule has 98 valence electrons. The van der Waals surface area contributed by atoms with Gasteiger partial charge < -0.3 is 0 Å². The zero-order valence-electron chi connectivity index (χ0n) is 11.4. The Balaban J connectivity index is 2.20. The molecule has 0 N–H and O–H groups in total. The molecule has 18 heavy (non-hydrogen) atoms. The molecule has 1 unspecified atom stereocenters. The quantitative estimate of drug-likeness (QED) is 0.703. The Hall–Kier alpha value is -0.760. The monoisotopic (exact) mass is 262 g/mol. The van der Waals surface area contributed by atoms with E-state index in [9.17, 15) is 4.79 Å². The Labute approximate surface area is 114 Å². The molecule has 0 bridgehead atoms. The van der Waals surface area contributed by atoms with E-state index in [1.165, 1.54) is 16.0 Å². The minimum atomic E-state index is 0.451. The second kappa shape index (κ2) is 6.42. The van der Waals surface area contributed by atoms with E-state index in [2.05, 4.69) is 31.4 Å². The van der Waals surface area contributed by atoms with Gasteiger partial charge >= 0.3 is 0 Å². The molecule has 0 saturated heterocycles. The van der Waals surface area contributed by atoms with Gasteiger partial charge in [-0.1, -0.05) is 13.0 Å². The summed E-state index contributed by atoms with van der Waals surface area (Å²) in [5.74, 6) is 0.980. The second-order valence-corrected chi connectivity index (χ2v) is 6.25. The van der Waals surface area contributed by atoms with Gasteiger partial charge in [0.15, 0.2) is 0 Å². The number of benzene rings is 1. The van der Waals surface area contributed by atoms with Crippen molar-refractivity contribution in [3.8, 4) is 0 Å². The van der Waals surface area contributed by atoms with Crippen LogP contribution in [0.15, 0.2) is 23.1 Å². The van der Waals surface area contributed by atoms with Crippen LogP contribution in [0.3, 0.4) is 0 Å². The largest absolute Gasteiger partial charge is 0.300 e. The van der Waals surface area contributed by atoms with Crippen LogP contribution in [0, 0.1) is 5.92 Å². The predicted molar refractivity (Wildman–Crippen MR) is 78.3 cm³/mol. The number of aryl methyl sites for hydroxylation is 2. The summed E-state index contributed by atoms with van der Waals surface area (Å²) in [6.07, 6.45) is 7.99. The Morgan fingerprint density at radius 2 is 2.00 bits per heavy atom. The highest BCUT2D eigenvalue weighted by Gasteiger charge is 2.13. The van der Waals surface area contributed by atoms with Gasteiger partial charge in [0.25, 0.3) is 0 Å². The van der Waals surface area contributed by atoms with Crippen LogP contribution in [0.5, 0.6) is 0 Å². The van der Waals surface area contributed by atoms with Crippen LogP contribution in [0.2, 0.25) is 0 Å². The standard InChI is InChI=1S/C16H22OS/c1-12-6-7-14-11-16(18-2)9-8-13(14)4-3-5-15(17)10-12/h8-9,11-12H,3-7,10H2,1-2H3. The van der Waals surface area contributed by atoms with E-state index in [1.54, 1.807) is 0 Å². The van der Waals surface area contributed by atoms with Crippen molar-refractivity contribution in [1.82, 2.24) is 0 Å². The number of ketones is 1. The summed E-state index contributed by atoms with van der Waals surface area (Å²) in [4.78, 5) is 13.1. The van der Waals surface area contributed by atoms with Crippen LogP contribution in [-0.2, 0) is 17.6 Å². The molecule has 0 amide bonds. The average molecular weight is 262 g/mol. The Morgan fingerprint density at radius 3 is 2.78 bits per heavy atom. The third-order valence-corrected chi connectivity index (χ3v) is 4.52. The third kappa shape index (κ3) is 3.61. The summed E-state index contributed by atoms with van der Waals surface area (Å²) < 4.78 is 0. The lowest BCUT2D eigenvalue weighted by atomic mass is 9.89. The molecule has 2 heteroatoms. The molecule has 0 fully saturated rings. The lowest BCUT2D eigenvalue weighted by molar-refractivity contribution is -0.120. The molecular weight excluding hydrogens is 240 g/mol. The number of hydrogen-bond acceptors (Lipinski definition) is 2. The Kier molecular flexibility index (Phi) is 4.87. The van der Waals surface area contributed by atoms with Crippen LogP contribution in [0.25, 0.3) is 0 Å². The fraction of sp³-hybridized carbons (Fsp3) is 0.562. The maximum absolute atomic E-state index is 11.7. The smallest absolute Gasteiger partial charge is 0.133 e. The molecule has 1 atom stereocenters. The topological polar surface area (TPSA) is 17.1 Å². The van der Waals surface area contributed by atoms with Crippen molar-refractivity contribution in [2.24, 2.45) is 5.92 Å². The molecule has 1 aliphatic rings. The maximum Gasteiger partial charge on any atom is 0.133 e. The number of carbonyl (C=O) groups excluding carboxylic acids is 1. The molecule has 0 radical (unpaired) electrons. The summed E-state index contributed by atoms with van der Waals surface area (Å²) in [6, 6.07) is 6.81. The fourth-order valence-electron chi connectivity index (χ4n) is 2.68. The fourth-order valence-corrected chi connectivity index (χ4v) is 3.14. The first kappa shape index (κ1) is 13.7. The molecule has 0 heterocycles. The van der Waals surface area contributed by atoms with E-state index >= 15 is 0 Å². The summed E-state index contributed by atoms with van der Waals surface area (Å²) in [5, 5.41) is 0. The molecular formula is C16H22OS. The minimum absolute atomic E-state index is 0.451. The van der Waals surface area contributed by atoms with Crippen LogP contribution >= 0.6 is 11.8 Å². The van der Waals surface area contributed by atoms with Gasteiger partial charge in [-0.05, 0) is 61.1 Å². The molecule has 1 aliphatic carbocycles.